The highest BCUT2D eigenvalue weighted by Gasteiger charge is 2.38. The Kier molecular flexibility index (Phi) is 34.4. The van der Waals surface area contributed by atoms with Crippen LogP contribution < -0.4 is 5.32 Å². The second-order valence-corrected chi connectivity index (χ2v) is 17.0. The van der Waals surface area contributed by atoms with Crippen LogP contribution in [0.15, 0.2) is 0 Å². The third-order valence-corrected chi connectivity index (χ3v) is 12.2. The van der Waals surface area contributed by atoms with Crippen LogP contribution in [0.2, 0.25) is 0 Å². The third-order valence-electron chi connectivity index (χ3n) is 12.2. The molecule has 3 heteroatoms. The molecule has 1 N–H and O–H groups in total. The summed E-state index contributed by atoms with van der Waals surface area (Å²) in [5.74, 6) is 0.766. The lowest BCUT2D eigenvalue weighted by atomic mass is 9.76. The van der Waals surface area contributed by atoms with Gasteiger partial charge in [-0.25, -0.2) is 0 Å². The Morgan fingerprint density at radius 3 is 0.940 bits per heavy atom. The molecule has 1 aliphatic heterocycles. The number of hydrogen-bond acceptors (Lipinski definition) is 2. The van der Waals surface area contributed by atoms with E-state index in [-0.39, 0.29) is 17.7 Å². The Labute approximate surface area is 314 Å². The van der Waals surface area contributed by atoms with Gasteiger partial charge >= 0.3 is 0 Å². The Bertz CT molecular complexity index is 735. The molecule has 3 atom stereocenters. The molecule has 1 aliphatic rings. The molecule has 0 spiro atoms. The zero-order valence-corrected chi connectivity index (χ0v) is 34.6. The second-order valence-electron chi connectivity index (χ2n) is 17.0. The van der Waals surface area contributed by atoms with E-state index < -0.39 is 0 Å². The molecule has 0 aromatic heterocycles. The molecule has 0 bridgehead atoms. The number of carbonyl (C=O) groups is 2. The Hall–Kier alpha value is -0.860. The highest BCUT2D eigenvalue weighted by Crippen LogP contribution is 2.35. The fourth-order valence-electron chi connectivity index (χ4n) is 8.67. The van der Waals surface area contributed by atoms with Gasteiger partial charge in [-0.1, -0.05) is 258 Å². The predicted molar refractivity (Wildman–Crippen MR) is 221 cm³/mol. The molecule has 3 nitrogen and oxygen atoms in total. The molecule has 1 saturated heterocycles. The van der Waals surface area contributed by atoms with Crippen molar-refractivity contribution in [2.45, 2.75) is 271 Å². The van der Waals surface area contributed by atoms with Crippen LogP contribution >= 0.6 is 0 Å². The minimum atomic E-state index is -0.0826. The minimum absolute atomic E-state index is 0.00168. The van der Waals surface area contributed by atoms with Crippen LogP contribution in [-0.4, -0.2) is 11.8 Å². The first-order chi connectivity index (χ1) is 24.6. The summed E-state index contributed by atoms with van der Waals surface area (Å²) in [6, 6.07) is 0. The molecular formula is C47H91NO2. The Morgan fingerprint density at radius 1 is 0.420 bits per heavy atom. The molecular weight excluding hydrogens is 611 g/mol. The molecule has 1 heterocycles. The van der Waals surface area contributed by atoms with E-state index in [1.54, 1.807) is 0 Å². The van der Waals surface area contributed by atoms with Crippen LogP contribution in [0.25, 0.3) is 0 Å². The van der Waals surface area contributed by atoms with Gasteiger partial charge < -0.3 is 0 Å². The maximum Gasteiger partial charge on any atom is 0.230 e. The predicted octanol–water partition coefficient (Wildman–Crippen LogP) is 15.8. The molecule has 0 radical (unpaired) electrons. The second kappa shape index (κ2) is 36.5. The third kappa shape index (κ3) is 28.7. The van der Waals surface area contributed by atoms with E-state index in [9.17, 15) is 9.59 Å². The largest absolute Gasteiger partial charge is 0.296 e. The van der Waals surface area contributed by atoms with Gasteiger partial charge in [0.05, 0.1) is 5.92 Å². The van der Waals surface area contributed by atoms with E-state index >= 15 is 0 Å². The van der Waals surface area contributed by atoms with Gasteiger partial charge in [0, 0.05) is 6.42 Å². The SMILES string of the molecule is CCCCCCCCCCCCCCCCCCCCCCCCCCCCCCC(C)C(CCCCCCCCCC)C1CC(=O)NC1=O. The summed E-state index contributed by atoms with van der Waals surface area (Å²) in [6.45, 7) is 6.93. The zero-order valence-electron chi connectivity index (χ0n) is 34.6. The molecule has 0 aromatic carbocycles. The first-order valence-corrected chi connectivity index (χ1v) is 23.4. The molecule has 1 fully saturated rings. The van der Waals surface area contributed by atoms with Crippen LogP contribution in [0.3, 0.4) is 0 Å². The number of unbranched alkanes of at least 4 members (excludes halogenated alkanes) is 34. The normalized spacial score (nSPS) is 15.9. The maximum atomic E-state index is 12.5. The molecule has 50 heavy (non-hydrogen) atoms. The first-order valence-electron chi connectivity index (χ1n) is 23.4. The topological polar surface area (TPSA) is 46.2 Å². The van der Waals surface area contributed by atoms with Crippen molar-refractivity contribution in [3.63, 3.8) is 0 Å². The van der Waals surface area contributed by atoms with Gasteiger partial charge in [0.15, 0.2) is 0 Å². The van der Waals surface area contributed by atoms with Crippen molar-refractivity contribution < 1.29 is 9.59 Å². The highest BCUT2D eigenvalue weighted by atomic mass is 16.2. The summed E-state index contributed by atoms with van der Waals surface area (Å²) in [6.07, 6.45) is 53.6. The van der Waals surface area contributed by atoms with Crippen LogP contribution in [0.1, 0.15) is 271 Å². The number of hydrogen-bond donors (Lipinski definition) is 1. The minimum Gasteiger partial charge on any atom is -0.296 e. The van der Waals surface area contributed by atoms with Gasteiger partial charge in [-0.2, -0.15) is 0 Å². The summed E-state index contributed by atoms with van der Waals surface area (Å²) < 4.78 is 0. The van der Waals surface area contributed by atoms with Gasteiger partial charge in [0.1, 0.15) is 0 Å². The first kappa shape index (κ1) is 47.2. The van der Waals surface area contributed by atoms with Crippen LogP contribution in [0.5, 0.6) is 0 Å². The zero-order chi connectivity index (χ0) is 36.2. The summed E-state index contributed by atoms with van der Waals surface area (Å²) in [7, 11) is 0. The Balaban J connectivity index is 1.88. The smallest absolute Gasteiger partial charge is 0.230 e. The number of rotatable bonds is 40. The molecule has 3 unspecified atom stereocenters. The summed E-state index contributed by atoms with van der Waals surface area (Å²) in [4.78, 5) is 24.5. The van der Waals surface area contributed by atoms with Crippen LogP contribution in [-0.2, 0) is 9.59 Å². The van der Waals surface area contributed by atoms with Gasteiger partial charge in [0.2, 0.25) is 11.8 Å². The Morgan fingerprint density at radius 2 is 0.680 bits per heavy atom. The van der Waals surface area contributed by atoms with Crippen molar-refractivity contribution in [2.24, 2.45) is 17.8 Å². The number of carbonyl (C=O) groups excluding carboxylic acids is 2. The van der Waals surface area contributed by atoms with Crippen molar-refractivity contribution in [1.29, 1.82) is 0 Å². The van der Waals surface area contributed by atoms with Gasteiger partial charge in [-0.05, 0) is 18.3 Å². The molecule has 0 aliphatic carbocycles. The van der Waals surface area contributed by atoms with Crippen LogP contribution in [0, 0.1) is 17.8 Å². The number of nitrogens with one attached hydrogen (secondary N) is 1. The molecule has 1 rings (SSSR count). The average molecular weight is 702 g/mol. The molecule has 0 saturated carbocycles. The van der Waals surface area contributed by atoms with Gasteiger partial charge in [0.25, 0.3) is 0 Å². The fraction of sp³-hybridized carbons (Fsp3) is 0.957. The van der Waals surface area contributed by atoms with Crippen molar-refractivity contribution >= 4 is 11.8 Å². The standard InChI is InChI=1S/C47H91NO2/c1-4-6-8-10-12-14-15-16-17-18-19-20-21-22-23-24-25-26-27-28-29-30-31-32-33-34-36-38-40-43(3)44(45-42-46(49)48-47(45)50)41-39-37-35-13-11-9-7-5-2/h43-45H,4-42H2,1-3H3,(H,48,49,50). The maximum absolute atomic E-state index is 12.5. The summed E-state index contributed by atoms with van der Waals surface area (Å²) in [5.41, 5.74) is 0. The summed E-state index contributed by atoms with van der Waals surface area (Å²) >= 11 is 0. The van der Waals surface area contributed by atoms with Gasteiger partial charge in [-0.3, -0.25) is 14.9 Å². The lowest BCUT2D eigenvalue weighted by Crippen LogP contribution is -2.29. The average Bonchev–Trinajstić information content (AvgIpc) is 3.45. The molecule has 296 valence electrons. The lowest BCUT2D eigenvalue weighted by Gasteiger charge is -2.28. The monoisotopic (exact) mass is 702 g/mol. The van der Waals surface area contributed by atoms with E-state index in [2.05, 4.69) is 26.1 Å². The van der Waals surface area contributed by atoms with E-state index in [1.165, 1.54) is 238 Å². The van der Waals surface area contributed by atoms with E-state index in [0.717, 1.165) is 6.42 Å². The summed E-state index contributed by atoms with van der Waals surface area (Å²) in [5, 5.41) is 2.59. The fourth-order valence-corrected chi connectivity index (χ4v) is 8.67. The van der Waals surface area contributed by atoms with E-state index in [1.807, 2.05) is 0 Å². The lowest BCUT2D eigenvalue weighted by molar-refractivity contribution is -0.126. The van der Waals surface area contributed by atoms with Crippen molar-refractivity contribution in [1.82, 2.24) is 5.32 Å². The molecule has 2 amide bonds. The number of amides is 2. The van der Waals surface area contributed by atoms with Gasteiger partial charge in [-0.15, -0.1) is 0 Å². The molecule has 0 aromatic rings. The number of imide groups is 1. The van der Waals surface area contributed by atoms with Crippen molar-refractivity contribution in [2.75, 3.05) is 0 Å². The van der Waals surface area contributed by atoms with Crippen molar-refractivity contribution in [3.8, 4) is 0 Å². The highest BCUT2D eigenvalue weighted by molar-refractivity contribution is 6.03. The van der Waals surface area contributed by atoms with Crippen LogP contribution in [0.4, 0.5) is 0 Å². The van der Waals surface area contributed by atoms with E-state index in [4.69, 9.17) is 0 Å². The quantitative estimate of drug-likeness (QED) is 0.0510. The van der Waals surface area contributed by atoms with Crippen molar-refractivity contribution in [3.05, 3.63) is 0 Å². The van der Waals surface area contributed by atoms with E-state index in [0.29, 0.717) is 18.3 Å².